The fraction of sp³-hybridized carbons (Fsp3) is 0.381. The SMILES string of the molecule is CCOc1ccc(C(C)NC(=O)CCc2nc(-c3cccs3)no2)cc1OCC. The standard InChI is InChI=1S/C21H25N3O4S/c1-4-26-16-9-8-15(13-17(16)27-5-2)14(3)22-19(25)10-11-20-23-21(24-28-20)18-7-6-12-29-18/h6-9,12-14H,4-5,10-11H2,1-3H3,(H,22,25). The molecule has 1 unspecified atom stereocenters. The molecule has 3 aromatic rings. The van der Waals surface area contributed by atoms with E-state index in [1.54, 1.807) is 11.3 Å². The van der Waals surface area contributed by atoms with Crippen LogP contribution in [0.1, 0.15) is 44.7 Å². The average molecular weight is 416 g/mol. The number of aryl methyl sites for hydroxylation is 1. The Kier molecular flexibility index (Phi) is 7.24. The Bertz CT molecular complexity index is 924. The lowest BCUT2D eigenvalue weighted by atomic mass is 10.1. The minimum atomic E-state index is -0.165. The van der Waals surface area contributed by atoms with Crippen LogP contribution in [0.2, 0.25) is 0 Å². The summed E-state index contributed by atoms with van der Waals surface area (Å²) >= 11 is 1.54. The number of benzene rings is 1. The van der Waals surface area contributed by atoms with Gasteiger partial charge in [0, 0.05) is 12.8 Å². The third-order valence-corrected chi connectivity index (χ3v) is 5.09. The van der Waals surface area contributed by atoms with Crippen molar-refractivity contribution >= 4 is 17.2 Å². The Balaban J connectivity index is 1.55. The van der Waals surface area contributed by atoms with Crippen LogP contribution in [0.5, 0.6) is 11.5 Å². The number of carbonyl (C=O) groups excluding carboxylic acids is 1. The van der Waals surface area contributed by atoms with Crippen LogP contribution in [0, 0.1) is 0 Å². The topological polar surface area (TPSA) is 86.5 Å². The van der Waals surface area contributed by atoms with Crippen LogP contribution < -0.4 is 14.8 Å². The number of aromatic nitrogens is 2. The van der Waals surface area contributed by atoms with Crippen molar-refractivity contribution in [1.82, 2.24) is 15.5 Å². The highest BCUT2D eigenvalue weighted by molar-refractivity contribution is 7.13. The second-order valence-corrected chi connectivity index (χ2v) is 7.30. The first-order valence-corrected chi connectivity index (χ1v) is 10.5. The first-order valence-electron chi connectivity index (χ1n) is 9.66. The Morgan fingerprint density at radius 2 is 2.00 bits per heavy atom. The lowest BCUT2D eigenvalue weighted by Crippen LogP contribution is -2.26. The zero-order valence-electron chi connectivity index (χ0n) is 16.8. The van der Waals surface area contributed by atoms with Gasteiger partial charge in [0.05, 0.1) is 24.1 Å². The zero-order chi connectivity index (χ0) is 20.6. The molecule has 0 fully saturated rings. The molecule has 154 valence electrons. The van der Waals surface area contributed by atoms with E-state index in [-0.39, 0.29) is 18.4 Å². The van der Waals surface area contributed by atoms with Crippen LogP contribution >= 0.6 is 11.3 Å². The predicted octanol–water partition coefficient (Wildman–Crippen LogP) is 4.41. The van der Waals surface area contributed by atoms with Crippen molar-refractivity contribution in [2.45, 2.75) is 39.7 Å². The quantitative estimate of drug-likeness (QED) is 0.528. The van der Waals surface area contributed by atoms with Gasteiger partial charge in [0.25, 0.3) is 0 Å². The van der Waals surface area contributed by atoms with Gasteiger partial charge in [-0.1, -0.05) is 17.3 Å². The number of nitrogens with one attached hydrogen (secondary N) is 1. The highest BCUT2D eigenvalue weighted by Gasteiger charge is 2.15. The number of rotatable bonds is 10. The monoisotopic (exact) mass is 415 g/mol. The molecule has 0 bridgehead atoms. The predicted molar refractivity (Wildman–Crippen MR) is 111 cm³/mol. The Labute approximate surface area is 174 Å². The summed E-state index contributed by atoms with van der Waals surface area (Å²) in [6.07, 6.45) is 0.663. The smallest absolute Gasteiger partial charge is 0.227 e. The van der Waals surface area contributed by atoms with E-state index in [1.165, 1.54) is 0 Å². The second kappa shape index (κ2) is 10.1. The lowest BCUT2D eigenvalue weighted by Gasteiger charge is -2.17. The van der Waals surface area contributed by atoms with E-state index in [0.29, 0.717) is 42.8 Å². The van der Waals surface area contributed by atoms with Crippen molar-refractivity contribution < 1.29 is 18.8 Å². The van der Waals surface area contributed by atoms with Crippen LogP contribution in [0.15, 0.2) is 40.2 Å². The molecule has 29 heavy (non-hydrogen) atoms. The molecular formula is C21H25N3O4S. The molecule has 1 aromatic carbocycles. The molecule has 0 saturated carbocycles. The van der Waals surface area contributed by atoms with Crippen LogP contribution in [-0.4, -0.2) is 29.3 Å². The molecular weight excluding hydrogens is 390 g/mol. The molecule has 1 atom stereocenters. The largest absolute Gasteiger partial charge is 0.490 e. The maximum Gasteiger partial charge on any atom is 0.227 e. The molecule has 1 amide bonds. The van der Waals surface area contributed by atoms with Crippen LogP contribution in [-0.2, 0) is 11.2 Å². The Morgan fingerprint density at radius 1 is 1.21 bits per heavy atom. The van der Waals surface area contributed by atoms with Gasteiger partial charge in [-0.3, -0.25) is 4.79 Å². The van der Waals surface area contributed by atoms with E-state index in [0.717, 1.165) is 10.4 Å². The van der Waals surface area contributed by atoms with Crippen molar-refractivity contribution in [3.05, 3.63) is 47.2 Å². The van der Waals surface area contributed by atoms with E-state index in [1.807, 2.05) is 56.5 Å². The van der Waals surface area contributed by atoms with Gasteiger partial charge in [0.2, 0.25) is 17.6 Å². The van der Waals surface area contributed by atoms with Crippen LogP contribution in [0.25, 0.3) is 10.7 Å². The summed E-state index contributed by atoms with van der Waals surface area (Å²) in [5.41, 5.74) is 0.947. The normalized spacial score (nSPS) is 11.8. The van der Waals surface area contributed by atoms with Crippen LogP contribution in [0.4, 0.5) is 0 Å². The van der Waals surface area contributed by atoms with Crippen molar-refractivity contribution in [3.8, 4) is 22.2 Å². The molecule has 0 aliphatic rings. The molecule has 0 radical (unpaired) electrons. The summed E-state index contributed by atoms with van der Waals surface area (Å²) in [5.74, 6) is 2.31. The fourth-order valence-electron chi connectivity index (χ4n) is 2.82. The third kappa shape index (κ3) is 5.57. The van der Waals surface area contributed by atoms with E-state index >= 15 is 0 Å². The molecule has 8 heteroatoms. The first-order chi connectivity index (χ1) is 14.1. The van der Waals surface area contributed by atoms with E-state index in [2.05, 4.69) is 15.5 Å². The summed E-state index contributed by atoms with van der Waals surface area (Å²) in [6.45, 7) is 6.90. The maximum absolute atomic E-state index is 12.4. The van der Waals surface area contributed by atoms with E-state index < -0.39 is 0 Å². The van der Waals surface area contributed by atoms with Gasteiger partial charge in [-0.15, -0.1) is 11.3 Å². The Morgan fingerprint density at radius 3 is 2.72 bits per heavy atom. The molecule has 0 aliphatic carbocycles. The summed E-state index contributed by atoms with van der Waals surface area (Å²) < 4.78 is 16.5. The number of thiophene rings is 1. The van der Waals surface area contributed by atoms with Gasteiger partial charge in [-0.25, -0.2) is 0 Å². The fourth-order valence-corrected chi connectivity index (χ4v) is 3.47. The summed E-state index contributed by atoms with van der Waals surface area (Å²) in [4.78, 5) is 17.6. The second-order valence-electron chi connectivity index (χ2n) is 6.35. The number of nitrogens with zero attached hydrogens (tertiary/aromatic N) is 2. The number of hydrogen-bond acceptors (Lipinski definition) is 7. The van der Waals surface area contributed by atoms with Crippen LogP contribution in [0.3, 0.4) is 0 Å². The molecule has 3 rings (SSSR count). The van der Waals surface area contributed by atoms with Crippen molar-refractivity contribution in [3.63, 3.8) is 0 Å². The minimum absolute atomic E-state index is 0.0831. The molecule has 0 spiro atoms. The summed E-state index contributed by atoms with van der Waals surface area (Å²) in [5, 5.41) is 8.92. The number of ether oxygens (including phenoxy) is 2. The molecule has 0 aliphatic heterocycles. The summed E-state index contributed by atoms with van der Waals surface area (Å²) in [7, 11) is 0. The number of amides is 1. The van der Waals surface area contributed by atoms with E-state index in [9.17, 15) is 4.79 Å². The first kappa shape index (κ1) is 20.9. The Hall–Kier alpha value is -2.87. The molecule has 2 heterocycles. The van der Waals surface area contributed by atoms with Gasteiger partial charge in [-0.05, 0) is 49.9 Å². The lowest BCUT2D eigenvalue weighted by molar-refractivity contribution is -0.121. The molecule has 1 N–H and O–H groups in total. The molecule has 7 nitrogen and oxygen atoms in total. The molecule has 0 saturated heterocycles. The maximum atomic E-state index is 12.4. The highest BCUT2D eigenvalue weighted by atomic mass is 32.1. The molecule has 2 aromatic heterocycles. The third-order valence-electron chi connectivity index (χ3n) is 4.22. The van der Waals surface area contributed by atoms with E-state index in [4.69, 9.17) is 14.0 Å². The van der Waals surface area contributed by atoms with Crippen molar-refractivity contribution in [1.29, 1.82) is 0 Å². The van der Waals surface area contributed by atoms with Gasteiger partial charge in [0.15, 0.2) is 11.5 Å². The summed E-state index contributed by atoms with van der Waals surface area (Å²) in [6, 6.07) is 9.41. The van der Waals surface area contributed by atoms with Crippen molar-refractivity contribution in [2.75, 3.05) is 13.2 Å². The highest BCUT2D eigenvalue weighted by Crippen LogP contribution is 2.30. The number of carbonyl (C=O) groups is 1. The van der Waals surface area contributed by atoms with Crippen molar-refractivity contribution in [2.24, 2.45) is 0 Å². The van der Waals surface area contributed by atoms with Gasteiger partial charge >= 0.3 is 0 Å². The van der Waals surface area contributed by atoms with Gasteiger partial charge in [-0.2, -0.15) is 4.98 Å². The number of hydrogen-bond donors (Lipinski definition) is 1. The van der Waals surface area contributed by atoms with Gasteiger partial charge in [0.1, 0.15) is 0 Å². The average Bonchev–Trinajstić information content (AvgIpc) is 3.40. The zero-order valence-corrected chi connectivity index (χ0v) is 17.6. The minimum Gasteiger partial charge on any atom is -0.490 e. The van der Waals surface area contributed by atoms with Gasteiger partial charge < -0.3 is 19.3 Å².